The summed E-state index contributed by atoms with van der Waals surface area (Å²) in [7, 11) is 0. The molecule has 0 bridgehead atoms. The number of para-hydroxylation sites is 1. The fraction of sp³-hybridized carbons (Fsp3) is 0.105. The summed E-state index contributed by atoms with van der Waals surface area (Å²) in [4.78, 5) is 29.1. The minimum absolute atomic E-state index is 0.115. The first-order chi connectivity index (χ1) is 13.1. The number of fused-ring (bicyclic) bond motifs is 1. The van der Waals surface area contributed by atoms with Crippen LogP contribution in [0.3, 0.4) is 0 Å². The normalized spacial score (nSPS) is 10.9. The molecule has 1 N–H and O–H groups in total. The molecule has 4 aromatic rings. The monoisotopic (exact) mass is 360 g/mol. The molecule has 2 aromatic carbocycles. The second-order valence-electron chi connectivity index (χ2n) is 6.10. The van der Waals surface area contributed by atoms with Crippen molar-refractivity contribution in [2.45, 2.75) is 13.5 Å². The molecule has 27 heavy (non-hydrogen) atoms. The van der Waals surface area contributed by atoms with Crippen LogP contribution in [0.2, 0.25) is 0 Å². The van der Waals surface area contributed by atoms with Crippen LogP contribution in [0.1, 0.15) is 5.56 Å². The molecule has 0 spiro atoms. The van der Waals surface area contributed by atoms with Crippen LogP contribution in [0.15, 0.2) is 65.7 Å². The Morgan fingerprint density at radius 3 is 2.56 bits per heavy atom. The lowest BCUT2D eigenvalue weighted by atomic mass is 10.2. The van der Waals surface area contributed by atoms with Gasteiger partial charge in [-0.05, 0) is 31.2 Å². The lowest BCUT2D eigenvalue weighted by molar-refractivity contribution is -0.116. The number of hydrogen-bond donors (Lipinski definition) is 1. The van der Waals surface area contributed by atoms with Gasteiger partial charge >= 0.3 is 0 Å². The predicted octanol–water partition coefficient (Wildman–Crippen LogP) is 1.92. The van der Waals surface area contributed by atoms with Crippen molar-refractivity contribution in [3.8, 4) is 5.69 Å². The highest BCUT2D eigenvalue weighted by Crippen LogP contribution is 2.11. The number of nitrogens with one attached hydrogen (secondary N) is 1. The number of nitrogens with zero attached hydrogens (tertiary/aromatic N) is 5. The van der Waals surface area contributed by atoms with Crippen molar-refractivity contribution >= 4 is 22.8 Å². The van der Waals surface area contributed by atoms with E-state index in [1.807, 2.05) is 61.5 Å². The van der Waals surface area contributed by atoms with Gasteiger partial charge in [0, 0.05) is 5.69 Å². The fourth-order valence-corrected chi connectivity index (χ4v) is 2.69. The molecule has 0 saturated heterocycles. The summed E-state index contributed by atoms with van der Waals surface area (Å²) in [6.45, 7) is 1.81. The first-order valence-electron chi connectivity index (χ1n) is 8.34. The summed E-state index contributed by atoms with van der Waals surface area (Å²) >= 11 is 0. The molecule has 0 radical (unpaired) electrons. The third-order valence-electron chi connectivity index (χ3n) is 4.08. The van der Waals surface area contributed by atoms with Crippen LogP contribution in [-0.4, -0.2) is 30.5 Å². The Labute approximate surface area is 154 Å². The molecule has 4 rings (SSSR count). The molecular weight excluding hydrogens is 344 g/mol. The van der Waals surface area contributed by atoms with Gasteiger partial charge in [-0.15, -0.1) is 5.10 Å². The van der Waals surface area contributed by atoms with Crippen molar-refractivity contribution < 1.29 is 4.79 Å². The number of carbonyl (C=O) groups is 1. The van der Waals surface area contributed by atoms with Crippen molar-refractivity contribution in [1.82, 2.24) is 24.5 Å². The Morgan fingerprint density at radius 2 is 1.81 bits per heavy atom. The van der Waals surface area contributed by atoms with E-state index in [1.165, 1.54) is 15.6 Å². The van der Waals surface area contributed by atoms with Gasteiger partial charge in [0.2, 0.25) is 5.91 Å². The lowest BCUT2D eigenvalue weighted by Crippen LogP contribution is -2.28. The van der Waals surface area contributed by atoms with Gasteiger partial charge in [0.25, 0.3) is 5.56 Å². The first kappa shape index (κ1) is 16.6. The van der Waals surface area contributed by atoms with Crippen LogP contribution in [0, 0.1) is 6.92 Å². The third-order valence-corrected chi connectivity index (χ3v) is 4.08. The molecule has 0 aliphatic rings. The van der Waals surface area contributed by atoms with Gasteiger partial charge < -0.3 is 5.32 Å². The van der Waals surface area contributed by atoms with E-state index in [9.17, 15) is 9.59 Å². The van der Waals surface area contributed by atoms with E-state index in [4.69, 9.17) is 0 Å². The molecule has 0 atom stereocenters. The highest BCUT2D eigenvalue weighted by molar-refractivity contribution is 5.90. The Kier molecular flexibility index (Phi) is 4.21. The maximum Gasteiger partial charge on any atom is 0.284 e. The van der Waals surface area contributed by atoms with E-state index in [0.29, 0.717) is 11.3 Å². The average Bonchev–Trinajstić information content (AvgIpc) is 3.11. The van der Waals surface area contributed by atoms with Crippen molar-refractivity contribution in [3.63, 3.8) is 0 Å². The molecule has 0 unspecified atom stereocenters. The fourth-order valence-electron chi connectivity index (χ4n) is 2.69. The van der Waals surface area contributed by atoms with Crippen LogP contribution in [0.4, 0.5) is 5.69 Å². The minimum Gasteiger partial charge on any atom is -0.325 e. The lowest BCUT2D eigenvalue weighted by Gasteiger charge is -2.07. The van der Waals surface area contributed by atoms with Crippen LogP contribution >= 0.6 is 0 Å². The molecule has 134 valence electrons. The molecule has 8 heteroatoms. The van der Waals surface area contributed by atoms with Gasteiger partial charge in [-0.1, -0.05) is 41.1 Å². The minimum atomic E-state index is -0.416. The maximum atomic E-state index is 12.6. The molecule has 1 amide bonds. The Balaban J connectivity index is 1.60. The number of rotatable bonds is 4. The average molecular weight is 360 g/mol. The molecule has 2 aromatic heterocycles. The second-order valence-corrected chi connectivity index (χ2v) is 6.10. The third kappa shape index (κ3) is 3.32. The van der Waals surface area contributed by atoms with Crippen molar-refractivity contribution in [1.29, 1.82) is 0 Å². The standard InChI is InChI=1S/C19H16N6O2/c1-13-7-9-14(10-8-13)21-16(26)11-24-12-20-18-17(19(24)27)22-23-25(18)15-5-3-2-4-6-15/h2-10,12H,11H2,1H3,(H,21,26). The van der Waals surface area contributed by atoms with Crippen LogP contribution in [0.5, 0.6) is 0 Å². The summed E-state index contributed by atoms with van der Waals surface area (Å²) in [6.07, 6.45) is 1.34. The van der Waals surface area contributed by atoms with Crippen LogP contribution in [-0.2, 0) is 11.3 Å². The van der Waals surface area contributed by atoms with Gasteiger partial charge in [0.05, 0.1) is 5.69 Å². The van der Waals surface area contributed by atoms with E-state index in [1.54, 1.807) is 0 Å². The van der Waals surface area contributed by atoms with Crippen molar-refractivity contribution in [3.05, 3.63) is 76.8 Å². The van der Waals surface area contributed by atoms with Gasteiger partial charge in [-0.25, -0.2) is 4.98 Å². The molecular formula is C19H16N6O2. The zero-order chi connectivity index (χ0) is 18.8. The van der Waals surface area contributed by atoms with Gasteiger partial charge in [0.15, 0.2) is 11.2 Å². The molecule has 0 saturated carbocycles. The molecule has 0 aliphatic carbocycles. The molecule has 0 aliphatic heterocycles. The number of amides is 1. The summed E-state index contributed by atoms with van der Waals surface area (Å²) in [6, 6.07) is 16.7. The SMILES string of the molecule is Cc1ccc(NC(=O)Cn2cnc3c(nnn3-c3ccccc3)c2=O)cc1. The van der Waals surface area contributed by atoms with Gasteiger partial charge in [0.1, 0.15) is 12.9 Å². The van der Waals surface area contributed by atoms with E-state index < -0.39 is 5.56 Å². The summed E-state index contributed by atoms with van der Waals surface area (Å²) < 4.78 is 2.71. The van der Waals surface area contributed by atoms with Crippen LogP contribution < -0.4 is 10.9 Å². The van der Waals surface area contributed by atoms with Gasteiger partial charge in [-0.2, -0.15) is 4.68 Å². The first-order valence-corrected chi connectivity index (χ1v) is 8.34. The molecule has 2 heterocycles. The zero-order valence-corrected chi connectivity index (χ0v) is 14.5. The predicted molar refractivity (Wildman–Crippen MR) is 101 cm³/mol. The largest absolute Gasteiger partial charge is 0.325 e. The number of benzene rings is 2. The number of hydrogen-bond acceptors (Lipinski definition) is 5. The Hall–Kier alpha value is -3.81. The zero-order valence-electron chi connectivity index (χ0n) is 14.5. The summed E-state index contributed by atoms with van der Waals surface area (Å²) in [5, 5.41) is 10.7. The topological polar surface area (TPSA) is 94.7 Å². The number of anilines is 1. The van der Waals surface area contributed by atoms with E-state index in [2.05, 4.69) is 20.6 Å². The van der Waals surface area contributed by atoms with Crippen LogP contribution in [0.25, 0.3) is 16.9 Å². The van der Waals surface area contributed by atoms with Gasteiger partial charge in [-0.3, -0.25) is 14.2 Å². The quantitative estimate of drug-likeness (QED) is 0.600. The van der Waals surface area contributed by atoms with Crippen molar-refractivity contribution in [2.24, 2.45) is 0 Å². The number of carbonyl (C=O) groups excluding carboxylic acids is 1. The highest BCUT2D eigenvalue weighted by atomic mass is 16.2. The van der Waals surface area contributed by atoms with E-state index in [-0.39, 0.29) is 18.0 Å². The smallest absolute Gasteiger partial charge is 0.284 e. The van der Waals surface area contributed by atoms with E-state index >= 15 is 0 Å². The Bertz CT molecular complexity index is 1160. The molecule has 8 nitrogen and oxygen atoms in total. The van der Waals surface area contributed by atoms with Crippen molar-refractivity contribution in [2.75, 3.05) is 5.32 Å². The van der Waals surface area contributed by atoms with E-state index in [0.717, 1.165) is 11.3 Å². The molecule has 0 fully saturated rings. The maximum absolute atomic E-state index is 12.6. The second kappa shape index (κ2) is 6.83. The number of aryl methyl sites for hydroxylation is 1. The summed E-state index contributed by atoms with van der Waals surface area (Å²) in [5.74, 6) is -0.322. The highest BCUT2D eigenvalue weighted by Gasteiger charge is 2.14. The summed E-state index contributed by atoms with van der Waals surface area (Å²) in [5.41, 5.74) is 2.57. The number of aromatic nitrogens is 5. The Morgan fingerprint density at radius 1 is 1.07 bits per heavy atom.